The smallest absolute Gasteiger partial charge is 0.463 e. The highest BCUT2D eigenvalue weighted by molar-refractivity contribution is 7.46. The largest absolute Gasteiger partial charge is 0.470 e. The Kier molecular flexibility index (Phi) is 12.8. The first-order chi connectivity index (χ1) is 23.8. The van der Waals surface area contributed by atoms with Crippen LogP contribution in [-0.4, -0.2) is 103 Å². The standard InChI is InChI=1S/C34H44NO14P/c1-20(45-34-26(37)18-25(36)21(2)46-34)10-6-9-15-28(38)44-19-27-29(39)30(49-50(41,42)43)31(48-33(40)23-12-4-3-5-13-23)32(47-27)35-17-16-22-11-7-8-14-24(22)35/h3-5,7-8,11-14,16-17,20-21,25-27,29-32,34,36-37,39H,6,9-10,15,18-19H2,1-2H3,(H2,41,42,43)/t20-,21+,25-,26-,27-,29-,30+,31-,32-,34-/m1/s1. The first-order valence-corrected chi connectivity index (χ1v) is 18.1. The maximum Gasteiger partial charge on any atom is 0.470 e. The molecule has 2 aliphatic heterocycles. The highest BCUT2D eigenvalue weighted by Crippen LogP contribution is 2.44. The summed E-state index contributed by atoms with van der Waals surface area (Å²) < 4.78 is 47.5. The van der Waals surface area contributed by atoms with Crippen LogP contribution in [0.3, 0.4) is 0 Å². The van der Waals surface area contributed by atoms with Gasteiger partial charge in [0.2, 0.25) is 0 Å². The van der Waals surface area contributed by atoms with Crippen molar-refractivity contribution in [3.8, 4) is 0 Å². The van der Waals surface area contributed by atoms with Gasteiger partial charge in [0.1, 0.15) is 31.0 Å². The molecule has 50 heavy (non-hydrogen) atoms. The summed E-state index contributed by atoms with van der Waals surface area (Å²) >= 11 is 0. The number of phosphoric ester groups is 1. The molecular weight excluding hydrogens is 677 g/mol. The van der Waals surface area contributed by atoms with E-state index in [0.717, 1.165) is 5.39 Å². The number of ether oxygens (including phenoxy) is 5. The first-order valence-electron chi connectivity index (χ1n) is 16.5. The number of carbonyl (C=O) groups is 2. The fourth-order valence-electron chi connectivity index (χ4n) is 6.08. The summed E-state index contributed by atoms with van der Waals surface area (Å²) in [5.74, 6) is -1.44. The van der Waals surface area contributed by atoms with Crippen molar-refractivity contribution < 1.29 is 67.5 Å². The average Bonchev–Trinajstić information content (AvgIpc) is 3.51. The maximum atomic E-state index is 13.2. The fraction of sp³-hybridized carbons (Fsp3) is 0.529. The third-order valence-electron chi connectivity index (χ3n) is 8.76. The molecule has 0 amide bonds. The topological polar surface area (TPSA) is 213 Å². The van der Waals surface area contributed by atoms with Crippen molar-refractivity contribution in [3.63, 3.8) is 0 Å². The van der Waals surface area contributed by atoms with Crippen molar-refractivity contribution in [2.75, 3.05) is 6.61 Å². The molecule has 0 aliphatic carbocycles. The molecule has 0 bridgehead atoms. The number of hydrogen-bond acceptors (Lipinski definition) is 12. The van der Waals surface area contributed by atoms with Gasteiger partial charge in [-0.1, -0.05) is 42.8 Å². The van der Waals surface area contributed by atoms with Gasteiger partial charge in [-0.2, -0.15) is 0 Å². The van der Waals surface area contributed by atoms with E-state index in [1.807, 2.05) is 19.1 Å². The molecule has 2 aliphatic rings. The lowest BCUT2D eigenvalue weighted by molar-refractivity contribution is -0.273. The molecule has 15 nitrogen and oxygen atoms in total. The molecule has 3 aromatic rings. The molecule has 0 radical (unpaired) electrons. The van der Waals surface area contributed by atoms with Crippen LogP contribution in [0.15, 0.2) is 66.9 Å². The van der Waals surface area contributed by atoms with E-state index in [9.17, 15) is 39.3 Å². The zero-order valence-corrected chi connectivity index (χ0v) is 28.6. The Morgan fingerprint density at radius 2 is 1.68 bits per heavy atom. The van der Waals surface area contributed by atoms with Crippen molar-refractivity contribution in [3.05, 3.63) is 72.4 Å². The van der Waals surface area contributed by atoms with Crippen molar-refractivity contribution in [1.82, 2.24) is 4.57 Å². The maximum absolute atomic E-state index is 13.2. The zero-order chi connectivity index (χ0) is 36.0. The highest BCUT2D eigenvalue weighted by Gasteiger charge is 2.52. The molecule has 0 spiro atoms. The lowest BCUT2D eigenvalue weighted by Gasteiger charge is -2.44. The number of fused-ring (bicyclic) bond motifs is 1. The Morgan fingerprint density at radius 1 is 0.960 bits per heavy atom. The molecule has 2 aromatic carbocycles. The van der Waals surface area contributed by atoms with Gasteiger partial charge in [0, 0.05) is 19.0 Å². The molecule has 10 atom stereocenters. The Bertz CT molecular complexity index is 1610. The SMILES string of the molecule is C[C@H](CCCCC(=O)OC[C@H]1O[C@@H](n2ccc3ccccc32)[C@H](OC(=O)c2ccccc2)[C@@H](OP(=O)(O)O)[C@@H]1O)O[C@@H]1O[C@@H](C)[C@H](O)C[C@H]1O. The summed E-state index contributed by atoms with van der Waals surface area (Å²) in [6.07, 6.45) is -7.68. The number of nitrogens with zero attached hydrogens (tertiary/aromatic N) is 1. The second-order valence-electron chi connectivity index (χ2n) is 12.6. The van der Waals surface area contributed by atoms with Gasteiger partial charge in [0.25, 0.3) is 0 Å². The number of rotatable bonds is 14. The summed E-state index contributed by atoms with van der Waals surface area (Å²) in [5, 5.41) is 32.1. The number of carbonyl (C=O) groups excluding carboxylic acids is 2. The monoisotopic (exact) mass is 721 g/mol. The van der Waals surface area contributed by atoms with Crippen molar-refractivity contribution >= 4 is 30.7 Å². The summed E-state index contributed by atoms with van der Waals surface area (Å²) in [6, 6.07) is 16.9. The summed E-state index contributed by atoms with van der Waals surface area (Å²) in [7, 11) is -5.26. The van der Waals surface area contributed by atoms with Crippen LogP contribution in [0.25, 0.3) is 10.9 Å². The van der Waals surface area contributed by atoms with Gasteiger partial charge in [-0.3, -0.25) is 9.32 Å². The van der Waals surface area contributed by atoms with E-state index >= 15 is 0 Å². The summed E-state index contributed by atoms with van der Waals surface area (Å²) in [6.45, 7) is 3.03. The molecule has 16 heteroatoms. The molecule has 0 saturated carbocycles. The van der Waals surface area contributed by atoms with Gasteiger partial charge in [-0.25, -0.2) is 9.36 Å². The third kappa shape index (κ3) is 9.76. The molecule has 274 valence electrons. The second-order valence-corrected chi connectivity index (χ2v) is 13.8. The van der Waals surface area contributed by atoms with Crippen molar-refractivity contribution in [1.29, 1.82) is 0 Å². The minimum absolute atomic E-state index is 0.0205. The minimum Gasteiger partial charge on any atom is -0.463 e. The Labute approximate surface area is 288 Å². The summed E-state index contributed by atoms with van der Waals surface area (Å²) in [4.78, 5) is 45.5. The molecule has 2 saturated heterocycles. The number of esters is 2. The summed E-state index contributed by atoms with van der Waals surface area (Å²) in [5.41, 5.74) is 0.787. The van der Waals surface area contributed by atoms with E-state index in [-0.39, 0.29) is 24.5 Å². The van der Waals surface area contributed by atoms with Crippen LogP contribution < -0.4 is 0 Å². The zero-order valence-electron chi connectivity index (χ0n) is 27.7. The van der Waals surface area contributed by atoms with E-state index in [1.54, 1.807) is 54.1 Å². The van der Waals surface area contributed by atoms with E-state index in [1.165, 1.54) is 12.1 Å². The lowest BCUT2D eigenvalue weighted by atomic mass is 9.97. The average molecular weight is 722 g/mol. The number of phosphoric acid groups is 1. The van der Waals surface area contributed by atoms with Crippen LogP contribution in [0.5, 0.6) is 0 Å². The van der Waals surface area contributed by atoms with Gasteiger partial charge in [0.15, 0.2) is 18.6 Å². The second kappa shape index (κ2) is 16.9. The van der Waals surface area contributed by atoms with Gasteiger partial charge >= 0.3 is 19.8 Å². The van der Waals surface area contributed by atoms with Gasteiger partial charge in [-0.15, -0.1) is 0 Å². The molecular formula is C34H44NO14P. The Hall–Kier alpha value is -3.21. The Morgan fingerprint density at radius 3 is 2.42 bits per heavy atom. The van der Waals surface area contributed by atoms with Gasteiger partial charge < -0.3 is 53.4 Å². The van der Waals surface area contributed by atoms with E-state index < -0.39 is 81.6 Å². The predicted octanol–water partition coefficient (Wildman–Crippen LogP) is 2.97. The predicted molar refractivity (Wildman–Crippen MR) is 175 cm³/mol. The fourth-order valence-corrected chi connectivity index (χ4v) is 6.64. The Balaban J connectivity index is 1.23. The van der Waals surface area contributed by atoms with Gasteiger partial charge in [-0.05, 0) is 56.3 Å². The first kappa shape index (κ1) is 38.0. The number of para-hydroxylation sites is 1. The van der Waals surface area contributed by atoms with Crippen molar-refractivity contribution in [2.24, 2.45) is 0 Å². The van der Waals surface area contributed by atoms with Crippen LogP contribution >= 0.6 is 7.82 Å². The third-order valence-corrected chi connectivity index (χ3v) is 9.27. The number of benzene rings is 2. The minimum atomic E-state index is -5.26. The van der Waals surface area contributed by atoms with Crippen LogP contribution in [0.4, 0.5) is 0 Å². The number of aliphatic hydroxyl groups is 3. The lowest BCUT2D eigenvalue weighted by Crippen LogP contribution is -2.58. The number of aromatic nitrogens is 1. The molecule has 5 rings (SSSR count). The van der Waals surface area contributed by atoms with Crippen LogP contribution in [0.1, 0.15) is 62.5 Å². The number of unbranched alkanes of at least 4 members (excludes halogenated alkanes) is 1. The normalized spacial score (nSPS) is 29.4. The van der Waals surface area contributed by atoms with Crippen molar-refractivity contribution in [2.45, 2.75) is 107 Å². The highest BCUT2D eigenvalue weighted by atomic mass is 31.2. The number of hydrogen-bond donors (Lipinski definition) is 5. The van der Waals surface area contributed by atoms with Crippen LogP contribution in [0, 0.1) is 0 Å². The molecule has 5 N–H and O–H groups in total. The van der Waals surface area contributed by atoms with Gasteiger partial charge in [0.05, 0.1) is 29.4 Å². The van der Waals surface area contributed by atoms with E-state index in [2.05, 4.69) is 0 Å². The number of aliphatic hydroxyl groups excluding tert-OH is 3. The molecule has 2 fully saturated rings. The van der Waals surface area contributed by atoms with E-state index in [4.69, 9.17) is 28.2 Å². The van der Waals surface area contributed by atoms with E-state index in [0.29, 0.717) is 24.8 Å². The van der Waals surface area contributed by atoms with Crippen LogP contribution in [0.2, 0.25) is 0 Å². The molecule has 3 heterocycles. The van der Waals surface area contributed by atoms with Crippen LogP contribution in [-0.2, 0) is 37.6 Å². The quantitative estimate of drug-likeness (QED) is 0.0921. The molecule has 0 unspecified atom stereocenters. The molecule has 1 aromatic heterocycles.